The summed E-state index contributed by atoms with van der Waals surface area (Å²) in [6.07, 6.45) is 6.38. The molecule has 0 aliphatic carbocycles. The molecular weight excluding hydrogens is 336 g/mol. The SMILES string of the molecule is CN(CCC#N)c1ccc(C[NH2+]C[C@@H](c2ccco2)[NH+]2CCCCC2)cc1. The second-order valence-electron chi connectivity index (χ2n) is 7.51. The summed E-state index contributed by atoms with van der Waals surface area (Å²) in [5.41, 5.74) is 2.50. The second kappa shape index (κ2) is 10.1. The average molecular weight is 369 g/mol. The first kappa shape index (κ1) is 19.5. The molecule has 5 nitrogen and oxygen atoms in total. The Hall–Kier alpha value is -2.29. The lowest BCUT2D eigenvalue weighted by atomic mass is 10.1. The summed E-state index contributed by atoms with van der Waals surface area (Å²) in [6.45, 7) is 5.30. The van der Waals surface area contributed by atoms with Crippen LogP contribution in [0, 0.1) is 11.3 Å². The lowest BCUT2D eigenvalue weighted by molar-refractivity contribution is -0.951. The number of hydrogen-bond donors (Lipinski definition) is 2. The second-order valence-corrected chi connectivity index (χ2v) is 7.51. The van der Waals surface area contributed by atoms with Crippen LogP contribution in [0.15, 0.2) is 47.1 Å². The Kier molecular flexibility index (Phi) is 7.32. The van der Waals surface area contributed by atoms with Crippen molar-refractivity contribution < 1.29 is 14.6 Å². The van der Waals surface area contributed by atoms with Crippen molar-refractivity contribution in [1.29, 1.82) is 5.26 Å². The fourth-order valence-corrected chi connectivity index (χ4v) is 3.98. The van der Waals surface area contributed by atoms with Gasteiger partial charge in [0, 0.05) is 24.8 Å². The summed E-state index contributed by atoms with van der Waals surface area (Å²) in [5, 5.41) is 11.1. The van der Waals surface area contributed by atoms with Crippen molar-refractivity contribution in [2.45, 2.75) is 38.3 Å². The van der Waals surface area contributed by atoms with Crippen LogP contribution in [-0.4, -0.2) is 33.2 Å². The third-order valence-corrected chi connectivity index (χ3v) is 5.59. The van der Waals surface area contributed by atoms with E-state index in [1.54, 1.807) is 11.2 Å². The summed E-state index contributed by atoms with van der Waals surface area (Å²) in [5.74, 6) is 1.12. The fourth-order valence-electron chi connectivity index (χ4n) is 3.98. The van der Waals surface area contributed by atoms with Crippen molar-refractivity contribution in [3.63, 3.8) is 0 Å². The number of hydrogen-bond acceptors (Lipinski definition) is 3. The van der Waals surface area contributed by atoms with E-state index in [0.717, 1.165) is 25.4 Å². The molecule has 3 N–H and O–H groups in total. The first-order chi connectivity index (χ1) is 13.3. The van der Waals surface area contributed by atoms with Crippen LogP contribution in [-0.2, 0) is 6.54 Å². The van der Waals surface area contributed by atoms with Crippen LogP contribution in [0.3, 0.4) is 0 Å². The van der Waals surface area contributed by atoms with E-state index in [0.29, 0.717) is 12.5 Å². The first-order valence-corrected chi connectivity index (χ1v) is 10.1. The Labute approximate surface area is 162 Å². The number of quaternary nitrogens is 2. The number of nitrogens with two attached hydrogens (primary N) is 1. The van der Waals surface area contributed by atoms with Gasteiger partial charge in [0.05, 0.1) is 31.8 Å². The highest BCUT2D eigenvalue weighted by atomic mass is 16.3. The topological polar surface area (TPSA) is 61.2 Å². The number of nitriles is 1. The predicted octanol–water partition coefficient (Wildman–Crippen LogP) is 1.50. The number of piperidine rings is 1. The van der Waals surface area contributed by atoms with Gasteiger partial charge in [0.1, 0.15) is 13.1 Å². The van der Waals surface area contributed by atoms with Gasteiger partial charge in [-0.25, -0.2) is 0 Å². The molecule has 3 rings (SSSR count). The summed E-state index contributed by atoms with van der Waals surface area (Å²) in [7, 11) is 2.04. The molecule has 1 fully saturated rings. The molecule has 1 aromatic carbocycles. The minimum absolute atomic E-state index is 0.441. The van der Waals surface area contributed by atoms with E-state index in [2.05, 4.69) is 46.6 Å². The van der Waals surface area contributed by atoms with Gasteiger partial charge in [-0.15, -0.1) is 0 Å². The monoisotopic (exact) mass is 368 g/mol. The predicted molar refractivity (Wildman–Crippen MR) is 106 cm³/mol. The number of likely N-dealkylation sites (tertiary alicyclic amines) is 1. The quantitative estimate of drug-likeness (QED) is 0.705. The van der Waals surface area contributed by atoms with Gasteiger partial charge in [-0.05, 0) is 43.5 Å². The van der Waals surface area contributed by atoms with Crippen molar-refractivity contribution in [3.8, 4) is 6.07 Å². The third kappa shape index (κ3) is 5.59. The molecule has 0 spiro atoms. The Morgan fingerprint density at radius 2 is 1.96 bits per heavy atom. The fraction of sp³-hybridized carbons (Fsp3) is 0.500. The number of nitrogens with one attached hydrogen (secondary N) is 1. The molecule has 5 heteroatoms. The Bertz CT molecular complexity index is 699. The van der Waals surface area contributed by atoms with Crippen molar-refractivity contribution in [1.82, 2.24) is 0 Å². The molecule has 0 saturated carbocycles. The maximum Gasteiger partial charge on any atom is 0.195 e. The first-order valence-electron chi connectivity index (χ1n) is 10.1. The standard InChI is InChI=1S/C22H30N4O/c1-25(13-6-12-23)20-10-8-19(9-11-20)17-24-18-21(22-7-5-16-27-22)26-14-3-2-4-15-26/h5,7-11,16,21,24H,2-4,6,13-15,17-18H2,1H3/p+2/t21-/m0/s1. The van der Waals surface area contributed by atoms with E-state index >= 15 is 0 Å². The zero-order valence-corrected chi connectivity index (χ0v) is 16.4. The van der Waals surface area contributed by atoms with E-state index in [-0.39, 0.29) is 0 Å². The van der Waals surface area contributed by atoms with E-state index in [1.807, 2.05) is 13.1 Å². The molecule has 0 radical (unpaired) electrons. The normalized spacial score (nSPS) is 16.0. The van der Waals surface area contributed by atoms with Gasteiger partial charge >= 0.3 is 0 Å². The zero-order valence-electron chi connectivity index (χ0n) is 16.4. The van der Waals surface area contributed by atoms with Gasteiger partial charge in [-0.1, -0.05) is 12.1 Å². The molecule has 1 saturated heterocycles. The number of benzene rings is 1. The van der Waals surface area contributed by atoms with Crippen LogP contribution >= 0.6 is 0 Å². The van der Waals surface area contributed by atoms with E-state index in [9.17, 15) is 0 Å². The van der Waals surface area contributed by atoms with Gasteiger partial charge in [-0.2, -0.15) is 5.26 Å². The van der Waals surface area contributed by atoms with Gasteiger partial charge in [0.25, 0.3) is 0 Å². The Morgan fingerprint density at radius 1 is 1.19 bits per heavy atom. The molecule has 1 atom stereocenters. The lowest BCUT2D eigenvalue weighted by Gasteiger charge is -2.29. The summed E-state index contributed by atoms with van der Waals surface area (Å²) in [4.78, 5) is 3.80. The molecule has 0 unspecified atom stereocenters. The lowest BCUT2D eigenvalue weighted by Crippen LogP contribution is -3.15. The highest BCUT2D eigenvalue weighted by Crippen LogP contribution is 2.14. The van der Waals surface area contributed by atoms with E-state index < -0.39 is 0 Å². The highest BCUT2D eigenvalue weighted by molar-refractivity contribution is 5.46. The minimum atomic E-state index is 0.441. The molecule has 27 heavy (non-hydrogen) atoms. The van der Waals surface area contributed by atoms with Crippen LogP contribution < -0.4 is 15.1 Å². The van der Waals surface area contributed by atoms with Gasteiger partial charge < -0.3 is 19.5 Å². The summed E-state index contributed by atoms with van der Waals surface area (Å²) >= 11 is 0. The Balaban J connectivity index is 1.53. The molecule has 0 amide bonds. The molecule has 2 aromatic rings. The van der Waals surface area contributed by atoms with Gasteiger partial charge in [0.15, 0.2) is 11.8 Å². The van der Waals surface area contributed by atoms with Crippen LogP contribution in [0.25, 0.3) is 0 Å². The highest BCUT2D eigenvalue weighted by Gasteiger charge is 2.29. The van der Waals surface area contributed by atoms with E-state index in [4.69, 9.17) is 9.68 Å². The maximum atomic E-state index is 8.72. The van der Waals surface area contributed by atoms with Crippen LogP contribution in [0.2, 0.25) is 0 Å². The van der Waals surface area contributed by atoms with Gasteiger partial charge in [0.2, 0.25) is 0 Å². The van der Waals surface area contributed by atoms with Crippen molar-refractivity contribution in [2.24, 2.45) is 0 Å². The number of anilines is 1. The molecular formula is C22H32N4O+2. The van der Waals surface area contributed by atoms with Crippen molar-refractivity contribution >= 4 is 5.69 Å². The van der Waals surface area contributed by atoms with Crippen LogP contribution in [0.1, 0.15) is 43.0 Å². The molecule has 2 heterocycles. The summed E-state index contributed by atoms with van der Waals surface area (Å²) in [6, 6.07) is 15.5. The molecule has 1 aromatic heterocycles. The summed E-state index contributed by atoms with van der Waals surface area (Å²) < 4.78 is 5.76. The van der Waals surface area contributed by atoms with Crippen molar-refractivity contribution in [3.05, 3.63) is 54.0 Å². The number of nitrogens with zero attached hydrogens (tertiary/aromatic N) is 2. The zero-order chi connectivity index (χ0) is 18.9. The van der Waals surface area contributed by atoms with Gasteiger partial charge in [-0.3, -0.25) is 0 Å². The largest absolute Gasteiger partial charge is 0.463 e. The number of rotatable bonds is 9. The minimum Gasteiger partial charge on any atom is -0.463 e. The third-order valence-electron chi connectivity index (χ3n) is 5.59. The Morgan fingerprint density at radius 3 is 2.63 bits per heavy atom. The van der Waals surface area contributed by atoms with Crippen LogP contribution in [0.4, 0.5) is 5.69 Å². The average Bonchev–Trinajstić information content (AvgIpc) is 3.25. The molecule has 1 aliphatic rings. The molecule has 144 valence electrons. The van der Waals surface area contributed by atoms with Crippen LogP contribution in [0.5, 0.6) is 0 Å². The molecule has 1 aliphatic heterocycles. The number of furan rings is 1. The smallest absolute Gasteiger partial charge is 0.195 e. The maximum absolute atomic E-state index is 8.72. The van der Waals surface area contributed by atoms with E-state index in [1.165, 1.54) is 43.6 Å². The molecule has 0 bridgehead atoms. The van der Waals surface area contributed by atoms with Crippen molar-refractivity contribution in [2.75, 3.05) is 38.1 Å².